The number of hydrogen-bond donors (Lipinski definition) is 0. The van der Waals surface area contributed by atoms with Gasteiger partial charge in [0.2, 0.25) is 0 Å². The van der Waals surface area contributed by atoms with E-state index in [9.17, 15) is 24.6 Å². The van der Waals surface area contributed by atoms with Crippen LogP contribution in [0, 0.1) is 57.0 Å². The largest absolute Gasteiger partial charge is 0.328 e. The Hall–Kier alpha value is -8.08. The molecule has 264 valence electrons. The fourth-order valence-corrected chi connectivity index (χ4v) is 6.22. The summed E-state index contributed by atoms with van der Waals surface area (Å²) in [6.07, 6.45) is 7.95. The van der Waals surface area contributed by atoms with Gasteiger partial charge < -0.3 is 9.13 Å². The lowest BCUT2D eigenvalue weighted by molar-refractivity contribution is 0.612. The first-order chi connectivity index (χ1) is 26.9. The Morgan fingerprint density at radius 1 is 0.618 bits per heavy atom. The van der Waals surface area contributed by atoms with Crippen molar-refractivity contribution in [1.29, 1.82) is 21.0 Å². The standard InChI is InChI=1S/C20H12FN7.C19H12FN7/c21-14-3-1-13(2-4-14)18-19(27(12-25-18)20(11-23)7-8-20)16-5-6-17-24-10-15(9-22)28(17)26-16;20-14-4-2-13(3-5-14)18-19(26(12-24-18)9-1-8-21)16-6-7-17-23-11-15(10-22)27(17)25-16/h1-6,10,12H,7-8H2;2-7,11-12H,1,9H2. The number of aromatic nitrogens is 10. The van der Waals surface area contributed by atoms with Gasteiger partial charge in [-0.25, -0.2) is 37.7 Å². The SMILES string of the molecule is N#CCCn1cnc(-c2ccc(F)cc2)c1-c1ccc2ncc(C#N)n2n1.N#Cc1cnc2ccc(-c3c(-c4ccc(F)cc4)ncn3C3(C#N)CC3)nn12. The maximum atomic E-state index is 13.4. The molecule has 1 fully saturated rings. The van der Waals surface area contributed by atoms with Crippen LogP contribution in [0.1, 0.15) is 30.7 Å². The first-order valence-corrected chi connectivity index (χ1v) is 16.8. The van der Waals surface area contributed by atoms with Crippen LogP contribution in [0.3, 0.4) is 0 Å². The summed E-state index contributed by atoms with van der Waals surface area (Å²) in [5.41, 5.74) is 6.25. The zero-order valence-corrected chi connectivity index (χ0v) is 28.6. The first-order valence-electron chi connectivity index (χ1n) is 16.8. The molecule has 6 heterocycles. The Morgan fingerprint density at radius 2 is 1.13 bits per heavy atom. The lowest BCUT2D eigenvalue weighted by atomic mass is 10.1. The second kappa shape index (κ2) is 13.8. The van der Waals surface area contributed by atoms with Crippen molar-refractivity contribution >= 4 is 11.3 Å². The lowest BCUT2D eigenvalue weighted by Crippen LogP contribution is -2.15. The molecule has 55 heavy (non-hydrogen) atoms. The van der Waals surface area contributed by atoms with E-state index >= 15 is 0 Å². The van der Waals surface area contributed by atoms with Crippen LogP contribution >= 0.6 is 0 Å². The average Bonchev–Trinajstić information content (AvgIpc) is 3.59. The van der Waals surface area contributed by atoms with Gasteiger partial charge in [0.1, 0.15) is 40.7 Å². The summed E-state index contributed by atoms with van der Waals surface area (Å²) in [4.78, 5) is 17.3. The van der Waals surface area contributed by atoms with Gasteiger partial charge in [-0.2, -0.15) is 31.2 Å². The fourth-order valence-electron chi connectivity index (χ4n) is 6.22. The van der Waals surface area contributed by atoms with E-state index in [2.05, 4.69) is 54.4 Å². The van der Waals surface area contributed by atoms with Gasteiger partial charge >= 0.3 is 0 Å². The minimum Gasteiger partial charge on any atom is -0.328 e. The van der Waals surface area contributed by atoms with E-state index in [1.807, 2.05) is 9.13 Å². The van der Waals surface area contributed by atoms with Gasteiger partial charge in [-0.1, -0.05) is 0 Å². The summed E-state index contributed by atoms with van der Waals surface area (Å²) >= 11 is 0. The molecule has 0 atom stereocenters. The number of rotatable bonds is 7. The Morgan fingerprint density at radius 3 is 1.62 bits per heavy atom. The Kier molecular flexibility index (Phi) is 8.54. The summed E-state index contributed by atoms with van der Waals surface area (Å²) in [6.45, 7) is 0.439. The van der Waals surface area contributed by atoms with E-state index in [0.29, 0.717) is 69.8 Å². The number of halogens is 2. The third kappa shape index (κ3) is 6.16. The molecule has 6 aromatic heterocycles. The smallest absolute Gasteiger partial charge is 0.162 e. The maximum absolute atomic E-state index is 13.4. The molecule has 8 aromatic rings. The summed E-state index contributed by atoms with van der Waals surface area (Å²) in [7, 11) is 0. The summed E-state index contributed by atoms with van der Waals surface area (Å²) in [5.74, 6) is -0.669. The Bertz CT molecular complexity index is 2900. The van der Waals surface area contributed by atoms with Crippen molar-refractivity contribution in [1.82, 2.24) is 48.3 Å². The first kappa shape index (κ1) is 34.0. The second-order valence-corrected chi connectivity index (χ2v) is 12.5. The van der Waals surface area contributed by atoms with Gasteiger partial charge in [-0.15, -0.1) is 0 Å². The number of aryl methyl sites for hydroxylation is 1. The topological polar surface area (TPSA) is 191 Å². The monoisotopic (exact) mass is 726 g/mol. The maximum Gasteiger partial charge on any atom is 0.162 e. The van der Waals surface area contributed by atoms with Gasteiger partial charge in [0.05, 0.1) is 66.4 Å². The number of nitriles is 4. The molecule has 0 saturated heterocycles. The van der Waals surface area contributed by atoms with Crippen LogP contribution in [0.2, 0.25) is 0 Å². The molecule has 9 rings (SSSR count). The zero-order valence-electron chi connectivity index (χ0n) is 28.6. The van der Waals surface area contributed by atoms with E-state index < -0.39 is 5.54 Å². The van der Waals surface area contributed by atoms with Crippen molar-refractivity contribution in [3.05, 3.63) is 121 Å². The van der Waals surface area contributed by atoms with E-state index in [1.54, 1.807) is 61.2 Å². The van der Waals surface area contributed by atoms with Crippen LogP contribution in [0.15, 0.2) is 97.8 Å². The molecule has 1 aliphatic carbocycles. The highest BCUT2D eigenvalue weighted by Gasteiger charge is 2.47. The molecular formula is C39H24F2N14. The highest BCUT2D eigenvalue weighted by Crippen LogP contribution is 2.47. The van der Waals surface area contributed by atoms with Crippen LogP contribution < -0.4 is 0 Å². The van der Waals surface area contributed by atoms with Crippen LogP contribution in [0.5, 0.6) is 0 Å². The Balaban J connectivity index is 0.000000155. The number of hydrogen-bond acceptors (Lipinski definition) is 10. The quantitative estimate of drug-likeness (QED) is 0.176. The van der Waals surface area contributed by atoms with Crippen molar-refractivity contribution in [2.45, 2.75) is 31.3 Å². The molecule has 16 heteroatoms. The fraction of sp³-hybridized carbons (Fsp3) is 0.128. The van der Waals surface area contributed by atoms with Crippen LogP contribution in [-0.2, 0) is 12.1 Å². The summed E-state index contributed by atoms with van der Waals surface area (Å²) in [6, 6.07) is 27.8. The zero-order chi connectivity index (χ0) is 38.1. The average molecular weight is 727 g/mol. The highest BCUT2D eigenvalue weighted by molar-refractivity contribution is 5.78. The summed E-state index contributed by atoms with van der Waals surface area (Å²) in [5, 5.41) is 46.3. The van der Waals surface area contributed by atoms with Gasteiger partial charge in [-0.3, -0.25) is 0 Å². The third-order valence-electron chi connectivity index (χ3n) is 9.14. The van der Waals surface area contributed by atoms with Crippen LogP contribution in [0.25, 0.3) is 56.6 Å². The van der Waals surface area contributed by atoms with Gasteiger partial charge in [-0.05, 0) is 85.6 Å². The summed E-state index contributed by atoms with van der Waals surface area (Å²) < 4.78 is 33.3. The van der Waals surface area contributed by atoms with Crippen molar-refractivity contribution in [3.8, 4) is 69.6 Å². The lowest BCUT2D eigenvalue weighted by Gasteiger charge is -2.14. The second-order valence-electron chi connectivity index (χ2n) is 12.5. The third-order valence-corrected chi connectivity index (χ3v) is 9.14. The van der Waals surface area contributed by atoms with E-state index in [0.717, 1.165) is 24.0 Å². The molecule has 0 aliphatic heterocycles. The number of nitrogens with zero attached hydrogens (tertiary/aromatic N) is 14. The molecule has 1 saturated carbocycles. The number of imidazole rings is 4. The number of fused-ring (bicyclic) bond motifs is 2. The normalized spacial score (nSPS) is 12.6. The van der Waals surface area contributed by atoms with E-state index in [4.69, 9.17) is 5.26 Å². The molecule has 2 aromatic carbocycles. The minimum atomic E-state index is -0.649. The number of benzene rings is 2. The van der Waals surface area contributed by atoms with E-state index in [-0.39, 0.29) is 11.6 Å². The van der Waals surface area contributed by atoms with Gasteiger partial charge in [0, 0.05) is 17.7 Å². The Labute approximate surface area is 310 Å². The molecule has 0 N–H and O–H groups in total. The molecule has 1 aliphatic rings. The highest BCUT2D eigenvalue weighted by atomic mass is 19.1. The molecule has 0 unspecified atom stereocenters. The molecular weight excluding hydrogens is 703 g/mol. The van der Waals surface area contributed by atoms with Crippen molar-refractivity contribution in [3.63, 3.8) is 0 Å². The van der Waals surface area contributed by atoms with Crippen molar-refractivity contribution in [2.24, 2.45) is 0 Å². The predicted octanol–water partition coefficient (Wildman–Crippen LogP) is 6.47. The van der Waals surface area contributed by atoms with Gasteiger partial charge in [0.25, 0.3) is 0 Å². The molecule has 14 nitrogen and oxygen atoms in total. The molecule has 0 spiro atoms. The van der Waals surface area contributed by atoms with Crippen LogP contribution in [0.4, 0.5) is 8.78 Å². The van der Waals surface area contributed by atoms with E-state index in [1.165, 1.54) is 45.7 Å². The minimum absolute atomic E-state index is 0.309. The van der Waals surface area contributed by atoms with Crippen molar-refractivity contribution < 1.29 is 8.78 Å². The van der Waals surface area contributed by atoms with Crippen molar-refractivity contribution in [2.75, 3.05) is 0 Å². The molecule has 0 amide bonds. The molecule has 0 radical (unpaired) electrons. The predicted molar refractivity (Wildman–Crippen MR) is 192 cm³/mol. The molecule has 0 bridgehead atoms. The van der Waals surface area contributed by atoms with Crippen LogP contribution in [-0.4, -0.2) is 48.3 Å². The van der Waals surface area contributed by atoms with Gasteiger partial charge in [0.15, 0.2) is 22.7 Å².